The van der Waals surface area contributed by atoms with E-state index in [1.54, 1.807) is 0 Å². The molecule has 0 radical (unpaired) electrons. The maximum atomic E-state index is 5.91. The highest BCUT2D eigenvalue weighted by Gasteiger charge is 2.13. The summed E-state index contributed by atoms with van der Waals surface area (Å²) in [5.74, 6) is 1.08. The zero-order valence-corrected chi connectivity index (χ0v) is 11.4. The summed E-state index contributed by atoms with van der Waals surface area (Å²) in [5, 5.41) is 1.19. The second-order valence-corrected chi connectivity index (χ2v) is 5.56. The molecule has 1 fully saturated rings. The predicted octanol–water partition coefficient (Wildman–Crippen LogP) is 4.18. The third kappa shape index (κ3) is 2.40. The molecular weight excluding hydrogens is 278 g/mol. The summed E-state index contributed by atoms with van der Waals surface area (Å²) in [6, 6.07) is 8.33. The van der Waals surface area contributed by atoms with Crippen LogP contribution in [0, 0.1) is 0 Å². The molecule has 0 aliphatic carbocycles. The van der Waals surface area contributed by atoms with Crippen molar-refractivity contribution in [1.29, 1.82) is 0 Å². The second kappa shape index (κ2) is 4.83. The molecular formula is C14H16BrNO. The fourth-order valence-electron chi connectivity index (χ4n) is 2.50. The molecule has 0 saturated carbocycles. The van der Waals surface area contributed by atoms with Crippen molar-refractivity contribution in [3.8, 4) is 0 Å². The first-order valence-electron chi connectivity index (χ1n) is 6.22. The summed E-state index contributed by atoms with van der Waals surface area (Å²) in [6.45, 7) is 3.36. The van der Waals surface area contributed by atoms with E-state index in [0.717, 1.165) is 22.4 Å². The number of hydrogen-bond donors (Lipinski definition) is 0. The Balaban J connectivity index is 1.83. The highest BCUT2D eigenvalue weighted by atomic mass is 79.9. The Morgan fingerprint density at radius 2 is 2.00 bits per heavy atom. The number of para-hydroxylation sites is 1. The number of benzene rings is 1. The van der Waals surface area contributed by atoms with Crippen molar-refractivity contribution in [2.24, 2.45) is 0 Å². The minimum absolute atomic E-state index is 0.946. The van der Waals surface area contributed by atoms with Crippen molar-refractivity contribution in [2.75, 3.05) is 13.1 Å². The van der Waals surface area contributed by atoms with Crippen LogP contribution in [0.1, 0.15) is 25.0 Å². The van der Waals surface area contributed by atoms with Crippen molar-refractivity contribution in [2.45, 2.75) is 25.8 Å². The molecule has 0 spiro atoms. The molecule has 0 N–H and O–H groups in total. The number of nitrogens with zero attached hydrogens (tertiary/aromatic N) is 1. The SMILES string of the molecule is Brc1cccc2cc(CN3CCCCC3)oc12. The minimum Gasteiger partial charge on any atom is -0.459 e. The van der Waals surface area contributed by atoms with Gasteiger partial charge in [-0.1, -0.05) is 18.6 Å². The van der Waals surface area contributed by atoms with E-state index in [0.29, 0.717) is 0 Å². The summed E-state index contributed by atoms with van der Waals surface area (Å²) < 4.78 is 6.95. The molecule has 0 unspecified atom stereocenters. The Kier molecular flexibility index (Phi) is 3.21. The van der Waals surface area contributed by atoms with Crippen molar-refractivity contribution in [1.82, 2.24) is 4.90 Å². The molecule has 0 atom stereocenters. The van der Waals surface area contributed by atoms with E-state index in [1.165, 1.54) is 37.7 Å². The zero-order valence-electron chi connectivity index (χ0n) is 9.79. The Hall–Kier alpha value is -0.800. The Labute approximate surface area is 110 Å². The average molecular weight is 294 g/mol. The average Bonchev–Trinajstić information content (AvgIpc) is 2.74. The number of halogens is 1. The lowest BCUT2D eigenvalue weighted by atomic mass is 10.1. The van der Waals surface area contributed by atoms with Crippen LogP contribution in [0.5, 0.6) is 0 Å². The van der Waals surface area contributed by atoms with Crippen LogP contribution in [-0.4, -0.2) is 18.0 Å². The van der Waals surface area contributed by atoms with Gasteiger partial charge in [0.1, 0.15) is 11.3 Å². The molecule has 0 amide bonds. The summed E-state index contributed by atoms with van der Waals surface area (Å²) >= 11 is 3.53. The van der Waals surface area contributed by atoms with Crippen molar-refractivity contribution in [3.05, 3.63) is 34.5 Å². The van der Waals surface area contributed by atoms with Crippen molar-refractivity contribution < 1.29 is 4.42 Å². The van der Waals surface area contributed by atoms with Gasteiger partial charge < -0.3 is 4.42 Å². The maximum absolute atomic E-state index is 5.91. The van der Waals surface area contributed by atoms with Crippen LogP contribution < -0.4 is 0 Å². The zero-order chi connectivity index (χ0) is 11.7. The van der Waals surface area contributed by atoms with Gasteiger partial charge in [-0.05, 0) is 54.0 Å². The quantitative estimate of drug-likeness (QED) is 0.826. The smallest absolute Gasteiger partial charge is 0.148 e. The lowest BCUT2D eigenvalue weighted by molar-refractivity contribution is 0.207. The molecule has 0 bridgehead atoms. The van der Waals surface area contributed by atoms with Gasteiger partial charge in [-0.15, -0.1) is 0 Å². The molecule has 3 rings (SSSR count). The summed E-state index contributed by atoms with van der Waals surface area (Å²) in [7, 11) is 0. The van der Waals surface area contributed by atoms with Crippen LogP contribution in [0.15, 0.2) is 33.2 Å². The number of rotatable bonds is 2. The van der Waals surface area contributed by atoms with Gasteiger partial charge in [0.15, 0.2) is 0 Å². The van der Waals surface area contributed by atoms with Gasteiger partial charge in [0.2, 0.25) is 0 Å². The van der Waals surface area contributed by atoms with Crippen LogP contribution in [0.4, 0.5) is 0 Å². The predicted molar refractivity (Wildman–Crippen MR) is 73.0 cm³/mol. The Bertz CT molecular complexity index is 514. The number of likely N-dealkylation sites (tertiary alicyclic amines) is 1. The Morgan fingerprint density at radius 1 is 1.18 bits per heavy atom. The minimum atomic E-state index is 0.946. The third-order valence-corrected chi connectivity index (χ3v) is 4.00. The Morgan fingerprint density at radius 3 is 2.76 bits per heavy atom. The van der Waals surface area contributed by atoms with Gasteiger partial charge in [-0.3, -0.25) is 4.90 Å². The first-order chi connectivity index (χ1) is 8.33. The molecule has 90 valence electrons. The molecule has 1 aromatic heterocycles. The largest absolute Gasteiger partial charge is 0.459 e. The fraction of sp³-hybridized carbons (Fsp3) is 0.429. The van der Waals surface area contributed by atoms with Crippen LogP contribution in [0.25, 0.3) is 11.0 Å². The highest BCUT2D eigenvalue weighted by Crippen LogP contribution is 2.27. The normalized spacial score (nSPS) is 17.7. The third-order valence-electron chi connectivity index (χ3n) is 3.38. The van der Waals surface area contributed by atoms with Crippen LogP contribution in [0.3, 0.4) is 0 Å². The van der Waals surface area contributed by atoms with Crippen LogP contribution in [0.2, 0.25) is 0 Å². The van der Waals surface area contributed by atoms with E-state index in [4.69, 9.17) is 4.42 Å². The molecule has 2 aromatic rings. The first kappa shape index (κ1) is 11.3. The fourth-order valence-corrected chi connectivity index (χ4v) is 2.96. The van der Waals surface area contributed by atoms with Gasteiger partial charge >= 0.3 is 0 Å². The summed E-state index contributed by atoms with van der Waals surface area (Å²) in [5.41, 5.74) is 0.972. The molecule has 2 nitrogen and oxygen atoms in total. The van der Waals surface area contributed by atoms with Gasteiger partial charge in [-0.25, -0.2) is 0 Å². The van der Waals surface area contributed by atoms with Gasteiger partial charge in [0, 0.05) is 5.39 Å². The van der Waals surface area contributed by atoms with E-state index >= 15 is 0 Å². The van der Waals surface area contributed by atoms with Crippen molar-refractivity contribution in [3.63, 3.8) is 0 Å². The van der Waals surface area contributed by atoms with Crippen molar-refractivity contribution >= 4 is 26.9 Å². The van der Waals surface area contributed by atoms with E-state index in [9.17, 15) is 0 Å². The second-order valence-electron chi connectivity index (χ2n) is 4.71. The molecule has 1 aliphatic heterocycles. The van der Waals surface area contributed by atoms with Crippen LogP contribution in [-0.2, 0) is 6.54 Å². The molecule has 2 heterocycles. The summed E-state index contributed by atoms with van der Waals surface area (Å²) in [4.78, 5) is 2.48. The molecule has 17 heavy (non-hydrogen) atoms. The highest BCUT2D eigenvalue weighted by molar-refractivity contribution is 9.10. The molecule has 1 aliphatic rings. The van der Waals surface area contributed by atoms with E-state index in [2.05, 4.69) is 33.0 Å². The van der Waals surface area contributed by atoms with Gasteiger partial charge in [-0.2, -0.15) is 0 Å². The maximum Gasteiger partial charge on any atom is 0.148 e. The van der Waals surface area contributed by atoms with E-state index in [1.807, 2.05) is 12.1 Å². The standard InChI is InChI=1S/C14H16BrNO/c15-13-6-4-5-11-9-12(17-14(11)13)10-16-7-2-1-3-8-16/h4-6,9H,1-3,7-8,10H2. The number of hydrogen-bond acceptors (Lipinski definition) is 2. The number of fused-ring (bicyclic) bond motifs is 1. The molecule has 3 heteroatoms. The molecule has 1 saturated heterocycles. The van der Waals surface area contributed by atoms with E-state index < -0.39 is 0 Å². The first-order valence-corrected chi connectivity index (χ1v) is 7.01. The van der Waals surface area contributed by atoms with Gasteiger partial charge in [0.05, 0.1) is 11.0 Å². The number of furan rings is 1. The van der Waals surface area contributed by atoms with Crippen LogP contribution >= 0.6 is 15.9 Å². The topological polar surface area (TPSA) is 16.4 Å². The monoisotopic (exact) mass is 293 g/mol. The molecule has 1 aromatic carbocycles. The van der Waals surface area contributed by atoms with E-state index in [-0.39, 0.29) is 0 Å². The van der Waals surface area contributed by atoms with Gasteiger partial charge in [0.25, 0.3) is 0 Å². The summed E-state index contributed by atoms with van der Waals surface area (Å²) in [6.07, 6.45) is 4.02. The lowest BCUT2D eigenvalue weighted by Crippen LogP contribution is -2.28. The number of piperidine rings is 1. The lowest BCUT2D eigenvalue weighted by Gasteiger charge is -2.25.